The molecule has 0 fully saturated rings. The second-order valence-electron chi connectivity index (χ2n) is 5.00. The number of aromatic nitrogens is 2. The highest BCUT2D eigenvalue weighted by Crippen LogP contribution is 2.39. The third-order valence-corrected chi connectivity index (χ3v) is 3.68. The van der Waals surface area contributed by atoms with Crippen molar-refractivity contribution in [1.29, 1.82) is 0 Å². The lowest BCUT2D eigenvalue weighted by atomic mass is 10.2. The van der Waals surface area contributed by atoms with Crippen LogP contribution >= 0.6 is 11.6 Å². The van der Waals surface area contributed by atoms with Crippen LogP contribution < -0.4 is 14.8 Å². The number of fused-ring (bicyclic) bond motifs is 1. The molecule has 1 aromatic carbocycles. The van der Waals surface area contributed by atoms with E-state index in [1.54, 1.807) is 0 Å². The quantitative estimate of drug-likeness (QED) is 0.799. The zero-order valence-corrected chi connectivity index (χ0v) is 12.5. The van der Waals surface area contributed by atoms with Crippen LogP contribution in [-0.4, -0.2) is 22.9 Å². The summed E-state index contributed by atoms with van der Waals surface area (Å²) in [6.45, 7) is 3.01. The molecule has 112 valence electrons. The minimum atomic E-state index is 0.250. The molecule has 0 saturated carbocycles. The Morgan fingerprint density at radius 2 is 2.24 bits per heavy atom. The van der Waals surface area contributed by atoms with E-state index in [1.165, 1.54) is 0 Å². The predicted octanol–water partition coefficient (Wildman–Crippen LogP) is 2.84. The van der Waals surface area contributed by atoms with Gasteiger partial charge >= 0.3 is 0 Å². The van der Waals surface area contributed by atoms with Gasteiger partial charge in [0.15, 0.2) is 11.5 Å². The number of nitrogens with zero attached hydrogens (tertiary/aromatic N) is 2. The maximum Gasteiger partial charge on any atom is 0.231 e. The van der Waals surface area contributed by atoms with E-state index in [-0.39, 0.29) is 6.79 Å². The predicted molar refractivity (Wildman–Crippen MR) is 80.7 cm³/mol. The van der Waals surface area contributed by atoms with Crippen molar-refractivity contribution < 1.29 is 9.47 Å². The Morgan fingerprint density at radius 3 is 3.10 bits per heavy atom. The molecule has 1 N–H and O–H groups in total. The van der Waals surface area contributed by atoms with Gasteiger partial charge in [-0.2, -0.15) is 0 Å². The highest BCUT2D eigenvalue weighted by Gasteiger charge is 2.17. The molecule has 3 rings (SSSR count). The topological polar surface area (TPSA) is 48.3 Å². The van der Waals surface area contributed by atoms with Crippen LogP contribution in [0.2, 0.25) is 5.02 Å². The number of hydrogen-bond acceptors (Lipinski definition) is 4. The Hall–Kier alpha value is -1.72. The number of rotatable bonds is 7. The largest absolute Gasteiger partial charge is 0.454 e. The molecule has 21 heavy (non-hydrogen) atoms. The van der Waals surface area contributed by atoms with Gasteiger partial charge < -0.3 is 19.4 Å². The lowest BCUT2D eigenvalue weighted by molar-refractivity contribution is 0.174. The summed E-state index contributed by atoms with van der Waals surface area (Å²) in [5, 5.41) is 4.03. The minimum Gasteiger partial charge on any atom is -0.454 e. The van der Waals surface area contributed by atoms with Gasteiger partial charge in [0, 0.05) is 25.5 Å². The molecule has 2 heterocycles. The van der Waals surface area contributed by atoms with Gasteiger partial charge in [0.2, 0.25) is 6.79 Å². The Labute approximate surface area is 128 Å². The van der Waals surface area contributed by atoms with Gasteiger partial charge in [-0.3, -0.25) is 0 Å². The summed E-state index contributed by atoms with van der Waals surface area (Å²) in [6.07, 6.45) is 7.90. The highest BCUT2D eigenvalue weighted by molar-refractivity contribution is 6.32. The first-order valence-corrected chi connectivity index (χ1v) is 7.45. The fraction of sp³-hybridized carbons (Fsp3) is 0.400. The molecule has 0 unspecified atom stereocenters. The van der Waals surface area contributed by atoms with E-state index in [4.69, 9.17) is 21.1 Å². The summed E-state index contributed by atoms with van der Waals surface area (Å²) >= 11 is 6.15. The van der Waals surface area contributed by atoms with E-state index in [9.17, 15) is 0 Å². The first kappa shape index (κ1) is 14.2. The van der Waals surface area contributed by atoms with Crippen LogP contribution in [0.25, 0.3) is 0 Å². The average molecular weight is 308 g/mol. The van der Waals surface area contributed by atoms with Gasteiger partial charge in [0.1, 0.15) is 0 Å². The zero-order valence-electron chi connectivity index (χ0n) is 11.7. The molecule has 5 nitrogen and oxygen atoms in total. The number of nitrogens with one attached hydrogen (secondary N) is 1. The molecule has 1 aromatic heterocycles. The van der Waals surface area contributed by atoms with Crippen molar-refractivity contribution in [3.8, 4) is 11.5 Å². The first-order valence-electron chi connectivity index (χ1n) is 7.07. The number of unbranched alkanes of at least 4 members (excludes halogenated alkanes) is 1. The number of hydrogen-bond donors (Lipinski definition) is 1. The van der Waals surface area contributed by atoms with Gasteiger partial charge in [-0.1, -0.05) is 11.6 Å². The minimum absolute atomic E-state index is 0.250. The second kappa shape index (κ2) is 6.83. The first-order chi connectivity index (χ1) is 10.3. The van der Waals surface area contributed by atoms with Crippen LogP contribution in [0.5, 0.6) is 11.5 Å². The van der Waals surface area contributed by atoms with Crippen LogP contribution in [0.1, 0.15) is 18.4 Å². The molecule has 1 aliphatic rings. The lowest BCUT2D eigenvalue weighted by Crippen LogP contribution is -2.15. The third kappa shape index (κ3) is 3.68. The van der Waals surface area contributed by atoms with E-state index in [0.717, 1.165) is 43.8 Å². The number of ether oxygens (including phenoxy) is 2. The van der Waals surface area contributed by atoms with Crippen LogP contribution in [0.4, 0.5) is 0 Å². The standard InChI is InChI=1S/C15H18ClN3O2/c16-13-7-12(8-14-15(13)21-11-20-14)9-17-3-1-2-5-19-6-4-18-10-19/h4,6-8,10,17H,1-3,5,9,11H2. The molecular weight excluding hydrogens is 290 g/mol. The normalized spacial score (nSPS) is 12.8. The van der Waals surface area contributed by atoms with Crippen LogP contribution in [0.15, 0.2) is 30.9 Å². The molecule has 0 spiro atoms. The van der Waals surface area contributed by atoms with Crippen molar-refractivity contribution in [2.24, 2.45) is 0 Å². The van der Waals surface area contributed by atoms with E-state index >= 15 is 0 Å². The molecule has 6 heteroatoms. The molecule has 1 aliphatic heterocycles. The van der Waals surface area contributed by atoms with Crippen molar-refractivity contribution in [3.63, 3.8) is 0 Å². The molecule has 0 atom stereocenters. The molecule has 2 aromatic rings. The maximum atomic E-state index is 6.15. The van der Waals surface area contributed by atoms with E-state index < -0.39 is 0 Å². The SMILES string of the molecule is Clc1cc(CNCCCCn2ccnc2)cc2c1OCO2. The summed E-state index contributed by atoms with van der Waals surface area (Å²) in [5.74, 6) is 1.39. The van der Waals surface area contributed by atoms with Gasteiger partial charge in [-0.15, -0.1) is 0 Å². The van der Waals surface area contributed by atoms with Crippen molar-refractivity contribution in [3.05, 3.63) is 41.4 Å². The van der Waals surface area contributed by atoms with Crippen LogP contribution in [-0.2, 0) is 13.1 Å². The molecule has 0 aliphatic carbocycles. The van der Waals surface area contributed by atoms with Crippen molar-refractivity contribution in [2.75, 3.05) is 13.3 Å². The Balaban J connectivity index is 1.38. The summed E-state index contributed by atoms with van der Waals surface area (Å²) < 4.78 is 12.8. The zero-order chi connectivity index (χ0) is 14.5. The molecule has 0 amide bonds. The Morgan fingerprint density at radius 1 is 1.29 bits per heavy atom. The average Bonchev–Trinajstić information content (AvgIpc) is 3.13. The second-order valence-corrected chi connectivity index (χ2v) is 5.40. The summed E-state index contributed by atoms with van der Waals surface area (Å²) in [6, 6.07) is 3.90. The Kier molecular flexibility index (Phi) is 4.62. The monoisotopic (exact) mass is 307 g/mol. The molecular formula is C15H18ClN3O2. The van der Waals surface area contributed by atoms with Gasteiger partial charge in [-0.05, 0) is 37.1 Å². The summed E-state index contributed by atoms with van der Waals surface area (Å²) in [4.78, 5) is 4.03. The number of aryl methyl sites for hydroxylation is 1. The van der Waals surface area contributed by atoms with Crippen LogP contribution in [0.3, 0.4) is 0 Å². The van der Waals surface area contributed by atoms with Crippen LogP contribution in [0, 0.1) is 0 Å². The van der Waals surface area contributed by atoms with Crippen molar-refractivity contribution in [2.45, 2.75) is 25.9 Å². The van der Waals surface area contributed by atoms with Gasteiger partial charge in [0.25, 0.3) is 0 Å². The molecule has 0 bridgehead atoms. The maximum absolute atomic E-state index is 6.15. The van der Waals surface area contributed by atoms with E-state index in [1.807, 2.05) is 30.9 Å². The summed E-state index contributed by atoms with van der Waals surface area (Å²) in [5.41, 5.74) is 1.11. The summed E-state index contributed by atoms with van der Waals surface area (Å²) in [7, 11) is 0. The van der Waals surface area contributed by atoms with Gasteiger partial charge in [-0.25, -0.2) is 4.98 Å². The third-order valence-electron chi connectivity index (χ3n) is 3.40. The number of halogens is 1. The Bertz CT molecular complexity index is 587. The molecule has 0 saturated heterocycles. The van der Waals surface area contributed by atoms with E-state index in [2.05, 4.69) is 14.9 Å². The fourth-order valence-corrected chi connectivity index (χ4v) is 2.61. The van der Waals surface area contributed by atoms with Crippen molar-refractivity contribution in [1.82, 2.24) is 14.9 Å². The smallest absolute Gasteiger partial charge is 0.231 e. The van der Waals surface area contributed by atoms with Crippen molar-refractivity contribution >= 4 is 11.6 Å². The number of benzene rings is 1. The lowest BCUT2D eigenvalue weighted by Gasteiger charge is -2.07. The van der Waals surface area contributed by atoms with Gasteiger partial charge in [0.05, 0.1) is 11.3 Å². The van der Waals surface area contributed by atoms with E-state index in [0.29, 0.717) is 10.8 Å². The molecule has 0 radical (unpaired) electrons. The highest BCUT2D eigenvalue weighted by atomic mass is 35.5. The number of imidazole rings is 1. The fourth-order valence-electron chi connectivity index (χ4n) is 2.32.